The lowest BCUT2D eigenvalue weighted by Gasteiger charge is -2.36. The van der Waals surface area contributed by atoms with Crippen molar-refractivity contribution in [2.45, 2.75) is 18.9 Å². The van der Waals surface area contributed by atoms with Crippen LogP contribution < -0.4 is 0 Å². The first-order valence-electron chi connectivity index (χ1n) is 5.35. The highest BCUT2D eigenvalue weighted by Crippen LogP contribution is 2.14. The second-order valence-corrected chi connectivity index (χ2v) is 4.25. The van der Waals surface area contributed by atoms with E-state index in [1.54, 1.807) is 0 Å². The van der Waals surface area contributed by atoms with Crippen LogP contribution in [0.3, 0.4) is 0 Å². The number of aliphatic carboxylic acids is 2. The number of carboxylic acids is 2. The van der Waals surface area contributed by atoms with Crippen LogP contribution in [-0.2, 0) is 9.59 Å². The van der Waals surface area contributed by atoms with E-state index >= 15 is 0 Å². The summed E-state index contributed by atoms with van der Waals surface area (Å²) < 4.78 is 0. The molecule has 6 heteroatoms. The summed E-state index contributed by atoms with van der Waals surface area (Å²) >= 11 is 0. The molecule has 92 valence electrons. The molecule has 1 fully saturated rings. The zero-order valence-corrected chi connectivity index (χ0v) is 9.43. The molecule has 1 unspecified atom stereocenters. The van der Waals surface area contributed by atoms with Crippen LogP contribution in [0.25, 0.3) is 0 Å². The largest absolute Gasteiger partial charge is 0.480 e. The zero-order valence-electron chi connectivity index (χ0n) is 9.43. The lowest BCUT2D eigenvalue weighted by Crippen LogP contribution is -2.50. The van der Waals surface area contributed by atoms with E-state index in [1.807, 2.05) is 7.05 Å². The van der Waals surface area contributed by atoms with E-state index in [4.69, 9.17) is 10.2 Å². The minimum absolute atomic E-state index is 0.0333. The van der Waals surface area contributed by atoms with Crippen molar-refractivity contribution in [1.82, 2.24) is 9.80 Å². The van der Waals surface area contributed by atoms with Gasteiger partial charge in [-0.25, -0.2) is 0 Å². The zero-order chi connectivity index (χ0) is 12.1. The minimum Gasteiger partial charge on any atom is -0.480 e. The SMILES string of the molecule is CN1CCCC(N(CC(=O)O)CC(=O)O)C1. The van der Waals surface area contributed by atoms with Crippen LogP contribution in [0.15, 0.2) is 0 Å². The second kappa shape index (κ2) is 5.81. The lowest BCUT2D eigenvalue weighted by molar-refractivity contribution is -0.143. The summed E-state index contributed by atoms with van der Waals surface area (Å²) in [6.45, 7) is 1.32. The van der Waals surface area contributed by atoms with Crippen LogP contribution in [-0.4, -0.2) is 71.2 Å². The minimum atomic E-state index is -0.977. The van der Waals surface area contributed by atoms with Crippen molar-refractivity contribution in [3.8, 4) is 0 Å². The third kappa shape index (κ3) is 4.16. The van der Waals surface area contributed by atoms with Crippen molar-refractivity contribution in [1.29, 1.82) is 0 Å². The molecule has 0 aromatic carbocycles. The number of carboxylic acid groups (broad SMARTS) is 2. The Labute approximate surface area is 94.4 Å². The molecule has 0 bridgehead atoms. The first kappa shape index (κ1) is 12.9. The van der Waals surface area contributed by atoms with Crippen molar-refractivity contribution in [3.63, 3.8) is 0 Å². The molecule has 1 atom stereocenters. The standard InChI is InChI=1S/C10H18N2O4/c1-11-4-2-3-8(5-11)12(6-9(13)14)7-10(15)16/h8H,2-7H2,1H3,(H,13,14)(H,15,16). The number of likely N-dealkylation sites (tertiary alicyclic amines) is 1. The average Bonchev–Trinajstić information content (AvgIpc) is 2.15. The predicted octanol–water partition coefficient (Wildman–Crippen LogP) is -0.448. The Morgan fingerprint density at radius 3 is 2.31 bits per heavy atom. The number of likely N-dealkylation sites (N-methyl/N-ethyl adjacent to an activating group) is 1. The second-order valence-electron chi connectivity index (χ2n) is 4.25. The monoisotopic (exact) mass is 230 g/mol. The molecule has 0 spiro atoms. The quantitative estimate of drug-likeness (QED) is 0.666. The maximum Gasteiger partial charge on any atom is 0.317 e. The summed E-state index contributed by atoms with van der Waals surface area (Å²) in [5, 5.41) is 17.5. The number of piperidine rings is 1. The van der Waals surface area contributed by atoms with Gasteiger partial charge in [0.15, 0.2) is 0 Å². The van der Waals surface area contributed by atoms with E-state index < -0.39 is 11.9 Å². The predicted molar refractivity (Wildman–Crippen MR) is 57.4 cm³/mol. The third-order valence-corrected chi connectivity index (χ3v) is 2.79. The number of nitrogens with zero attached hydrogens (tertiary/aromatic N) is 2. The fourth-order valence-electron chi connectivity index (χ4n) is 2.10. The van der Waals surface area contributed by atoms with E-state index in [0.717, 1.165) is 25.9 Å². The molecular formula is C10H18N2O4. The summed E-state index contributed by atoms with van der Waals surface area (Å²) in [5.41, 5.74) is 0. The van der Waals surface area contributed by atoms with E-state index in [2.05, 4.69) is 4.90 Å². The van der Waals surface area contributed by atoms with Crippen LogP contribution in [0, 0.1) is 0 Å². The summed E-state index contributed by atoms with van der Waals surface area (Å²) in [4.78, 5) is 25.0. The van der Waals surface area contributed by atoms with Gasteiger partial charge >= 0.3 is 11.9 Å². The lowest BCUT2D eigenvalue weighted by atomic mass is 10.0. The fourth-order valence-corrected chi connectivity index (χ4v) is 2.10. The maximum atomic E-state index is 10.7. The first-order chi connectivity index (χ1) is 7.49. The van der Waals surface area contributed by atoms with Gasteiger partial charge in [0.2, 0.25) is 0 Å². The highest BCUT2D eigenvalue weighted by atomic mass is 16.4. The number of carbonyl (C=O) groups is 2. The van der Waals surface area contributed by atoms with Crippen molar-refractivity contribution in [2.24, 2.45) is 0 Å². The Kier molecular flexibility index (Phi) is 4.70. The molecule has 1 aliphatic rings. The third-order valence-electron chi connectivity index (χ3n) is 2.79. The fraction of sp³-hybridized carbons (Fsp3) is 0.800. The molecule has 1 saturated heterocycles. The summed E-state index contributed by atoms with van der Waals surface area (Å²) in [6, 6.07) is 0.0333. The van der Waals surface area contributed by atoms with Crippen LogP contribution >= 0.6 is 0 Å². The maximum absolute atomic E-state index is 10.7. The van der Waals surface area contributed by atoms with Crippen LogP contribution in [0.2, 0.25) is 0 Å². The molecule has 0 aromatic heterocycles. The number of hydrogen-bond acceptors (Lipinski definition) is 4. The van der Waals surface area contributed by atoms with Gasteiger partial charge in [-0.1, -0.05) is 0 Å². The Balaban J connectivity index is 2.58. The molecule has 0 radical (unpaired) electrons. The molecule has 0 amide bonds. The topological polar surface area (TPSA) is 81.1 Å². The molecule has 0 aromatic rings. The molecule has 1 rings (SSSR count). The van der Waals surface area contributed by atoms with E-state index in [1.165, 1.54) is 4.90 Å². The van der Waals surface area contributed by atoms with E-state index in [9.17, 15) is 9.59 Å². The Morgan fingerprint density at radius 2 is 1.88 bits per heavy atom. The average molecular weight is 230 g/mol. The molecule has 16 heavy (non-hydrogen) atoms. The van der Waals surface area contributed by atoms with Crippen molar-refractivity contribution >= 4 is 11.9 Å². The molecule has 1 heterocycles. The smallest absolute Gasteiger partial charge is 0.317 e. The molecule has 2 N–H and O–H groups in total. The molecular weight excluding hydrogens is 212 g/mol. The molecule has 1 aliphatic heterocycles. The van der Waals surface area contributed by atoms with Gasteiger partial charge in [0.05, 0.1) is 13.1 Å². The summed E-state index contributed by atoms with van der Waals surface area (Å²) in [5.74, 6) is -1.95. The van der Waals surface area contributed by atoms with Gasteiger partial charge in [0.1, 0.15) is 0 Å². The van der Waals surface area contributed by atoms with Gasteiger partial charge < -0.3 is 15.1 Å². The van der Waals surface area contributed by atoms with Gasteiger partial charge in [-0.3, -0.25) is 14.5 Å². The van der Waals surface area contributed by atoms with E-state index in [0.29, 0.717) is 0 Å². The van der Waals surface area contributed by atoms with Crippen LogP contribution in [0.4, 0.5) is 0 Å². The molecule has 0 aliphatic carbocycles. The van der Waals surface area contributed by atoms with Crippen LogP contribution in [0.5, 0.6) is 0 Å². The van der Waals surface area contributed by atoms with Crippen molar-refractivity contribution in [3.05, 3.63) is 0 Å². The summed E-state index contributed by atoms with van der Waals surface area (Å²) in [6.07, 6.45) is 1.85. The van der Waals surface area contributed by atoms with Crippen molar-refractivity contribution < 1.29 is 19.8 Å². The van der Waals surface area contributed by atoms with Gasteiger partial charge in [0.25, 0.3) is 0 Å². The Bertz CT molecular complexity index is 254. The van der Waals surface area contributed by atoms with Crippen molar-refractivity contribution in [2.75, 3.05) is 33.2 Å². The number of rotatable bonds is 5. The Hall–Kier alpha value is -1.14. The summed E-state index contributed by atoms with van der Waals surface area (Å²) in [7, 11) is 1.96. The molecule has 0 saturated carbocycles. The first-order valence-corrected chi connectivity index (χ1v) is 5.35. The van der Waals surface area contributed by atoms with Gasteiger partial charge in [-0.2, -0.15) is 0 Å². The van der Waals surface area contributed by atoms with Gasteiger partial charge in [-0.15, -0.1) is 0 Å². The highest BCUT2D eigenvalue weighted by molar-refractivity contribution is 5.72. The number of hydrogen-bond donors (Lipinski definition) is 2. The van der Waals surface area contributed by atoms with Gasteiger partial charge in [-0.05, 0) is 26.4 Å². The van der Waals surface area contributed by atoms with E-state index in [-0.39, 0.29) is 19.1 Å². The highest BCUT2D eigenvalue weighted by Gasteiger charge is 2.26. The van der Waals surface area contributed by atoms with Crippen LogP contribution in [0.1, 0.15) is 12.8 Å². The normalized spacial score (nSPS) is 22.2. The van der Waals surface area contributed by atoms with Gasteiger partial charge in [0, 0.05) is 12.6 Å². The Morgan fingerprint density at radius 1 is 1.31 bits per heavy atom. The molecule has 6 nitrogen and oxygen atoms in total.